The fourth-order valence-electron chi connectivity index (χ4n) is 3.21. The number of aliphatic hydroxyl groups excluding tert-OH is 1. The minimum Gasteiger partial charge on any atom is -0.508 e. The summed E-state index contributed by atoms with van der Waals surface area (Å²) in [5.41, 5.74) is 0.191. The van der Waals surface area contributed by atoms with Gasteiger partial charge in [-0.2, -0.15) is 0 Å². The van der Waals surface area contributed by atoms with Crippen molar-refractivity contribution in [3.63, 3.8) is 0 Å². The number of nitrogens with one attached hydrogen (secondary N) is 1. The molecule has 0 spiro atoms. The largest absolute Gasteiger partial charge is 0.508 e. The molecule has 0 aliphatic rings. The fourth-order valence-corrected chi connectivity index (χ4v) is 3.21. The maximum atomic E-state index is 12.0. The lowest BCUT2D eigenvalue weighted by atomic mass is 9.82. The van der Waals surface area contributed by atoms with Crippen molar-refractivity contribution in [3.05, 3.63) is 23.8 Å². The molecule has 164 valence electrons. The van der Waals surface area contributed by atoms with Gasteiger partial charge in [-0.15, -0.1) is 0 Å². The zero-order valence-corrected chi connectivity index (χ0v) is 17.9. The molecule has 0 radical (unpaired) electrons. The van der Waals surface area contributed by atoms with Gasteiger partial charge in [-0.25, -0.2) is 0 Å². The second-order valence-electron chi connectivity index (χ2n) is 8.19. The Morgan fingerprint density at radius 1 is 1.24 bits per heavy atom. The number of esters is 1. The minimum atomic E-state index is -1.07. The molecule has 0 heterocycles. The van der Waals surface area contributed by atoms with Crippen molar-refractivity contribution in [3.8, 4) is 11.5 Å². The Morgan fingerprint density at radius 3 is 2.55 bits per heavy atom. The first-order valence-electron chi connectivity index (χ1n) is 10.2. The fraction of sp³-hybridized carbons (Fsp3) is 0.636. The maximum absolute atomic E-state index is 12.0. The lowest BCUT2D eigenvalue weighted by Gasteiger charge is -2.29. The predicted octanol–water partition coefficient (Wildman–Crippen LogP) is 3.22. The second-order valence-corrected chi connectivity index (χ2v) is 8.19. The lowest BCUT2D eigenvalue weighted by Crippen LogP contribution is -2.44. The van der Waals surface area contributed by atoms with Crippen molar-refractivity contribution < 1.29 is 29.6 Å². The van der Waals surface area contributed by atoms with Crippen molar-refractivity contribution in [2.75, 3.05) is 13.2 Å². The number of hydrogen-bond donors (Lipinski definition) is 4. The van der Waals surface area contributed by atoms with Crippen LogP contribution in [0.15, 0.2) is 18.2 Å². The Morgan fingerprint density at radius 2 is 1.93 bits per heavy atom. The Bertz CT molecular complexity index is 673. The summed E-state index contributed by atoms with van der Waals surface area (Å²) < 4.78 is 5.17. The number of phenolic OH excluding ortho intramolecular Hbond substituents is 2. The number of benzene rings is 1. The molecular formula is C22H35NO6. The highest BCUT2D eigenvalue weighted by Crippen LogP contribution is 2.31. The highest BCUT2D eigenvalue weighted by molar-refractivity contribution is 5.81. The van der Waals surface area contributed by atoms with Gasteiger partial charge in [-0.05, 0) is 42.2 Å². The van der Waals surface area contributed by atoms with Gasteiger partial charge in [0.25, 0.3) is 0 Å². The summed E-state index contributed by atoms with van der Waals surface area (Å²) in [7, 11) is 0. The molecule has 2 unspecified atom stereocenters. The molecule has 1 aromatic rings. The van der Waals surface area contributed by atoms with Gasteiger partial charge in [0.05, 0.1) is 6.61 Å². The van der Waals surface area contributed by atoms with E-state index in [1.807, 2.05) is 27.7 Å². The minimum absolute atomic E-state index is 0.00547. The van der Waals surface area contributed by atoms with Gasteiger partial charge in [-0.1, -0.05) is 40.2 Å². The van der Waals surface area contributed by atoms with E-state index in [0.29, 0.717) is 24.9 Å². The third kappa shape index (κ3) is 8.31. The molecule has 4 N–H and O–H groups in total. The zero-order valence-electron chi connectivity index (χ0n) is 17.9. The first kappa shape index (κ1) is 24.8. The number of phenols is 2. The van der Waals surface area contributed by atoms with Crippen molar-refractivity contribution >= 4 is 11.9 Å². The van der Waals surface area contributed by atoms with Crippen LogP contribution in [0.5, 0.6) is 11.5 Å². The topological polar surface area (TPSA) is 116 Å². The van der Waals surface area contributed by atoms with Crippen LogP contribution in [0.1, 0.15) is 71.3 Å². The SMILES string of the molecule is CCCC(C)(C)C(O)C(=O)NCCCOC(=O)CCC(C)c1ccc(O)cc1O. The van der Waals surface area contributed by atoms with E-state index in [4.69, 9.17) is 4.74 Å². The normalized spacial score (nSPS) is 13.6. The molecule has 29 heavy (non-hydrogen) atoms. The number of carbonyl (C=O) groups is 2. The summed E-state index contributed by atoms with van der Waals surface area (Å²) in [4.78, 5) is 23.9. The molecule has 0 aliphatic carbocycles. The van der Waals surface area contributed by atoms with E-state index < -0.39 is 17.4 Å². The summed E-state index contributed by atoms with van der Waals surface area (Å²) in [6.45, 7) is 8.13. The van der Waals surface area contributed by atoms with Gasteiger partial charge in [0.1, 0.15) is 17.6 Å². The number of aliphatic hydroxyl groups is 1. The van der Waals surface area contributed by atoms with Gasteiger partial charge in [0, 0.05) is 19.0 Å². The molecule has 0 fully saturated rings. The quantitative estimate of drug-likeness (QED) is 0.311. The van der Waals surface area contributed by atoms with Gasteiger partial charge in [-0.3, -0.25) is 9.59 Å². The van der Waals surface area contributed by atoms with Crippen molar-refractivity contribution in [2.45, 2.75) is 71.8 Å². The molecule has 0 saturated heterocycles. The molecule has 0 aromatic heterocycles. The molecule has 0 bridgehead atoms. The maximum Gasteiger partial charge on any atom is 0.305 e. The van der Waals surface area contributed by atoms with Crippen LogP contribution < -0.4 is 5.32 Å². The summed E-state index contributed by atoms with van der Waals surface area (Å²) in [5.74, 6) is -0.810. The summed E-state index contributed by atoms with van der Waals surface area (Å²) >= 11 is 0. The molecular weight excluding hydrogens is 374 g/mol. The van der Waals surface area contributed by atoms with E-state index in [1.165, 1.54) is 12.1 Å². The van der Waals surface area contributed by atoms with Crippen LogP contribution in [0.3, 0.4) is 0 Å². The number of amides is 1. The number of carbonyl (C=O) groups excluding carboxylic acids is 2. The molecule has 2 atom stereocenters. The van der Waals surface area contributed by atoms with Gasteiger partial charge in [0.2, 0.25) is 5.91 Å². The average molecular weight is 410 g/mol. The molecule has 7 nitrogen and oxygen atoms in total. The summed E-state index contributed by atoms with van der Waals surface area (Å²) in [5, 5.41) is 32.0. The Balaban J connectivity index is 2.25. The van der Waals surface area contributed by atoms with E-state index in [1.54, 1.807) is 6.07 Å². The standard InChI is InChI=1S/C22H35NO6/c1-5-11-22(3,4)20(27)21(28)23-12-6-13-29-19(26)10-7-15(2)17-9-8-16(24)14-18(17)25/h8-9,14-15,20,24-25,27H,5-7,10-13H2,1-4H3,(H,23,28). The van der Waals surface area contributed by atoms with Crippen LogP contribution in [-0.4, -0.2) is 46.5 Å². The van der Waals surface area contributed by atoms with Crippen LogP contribution in [0.4, 0.5) is 0 Å². The third-order valence-corrected chi connectivity index (χ3v) is 5.09. The highest BCUT2D eigenvalue weighted by atomic mass is 16.5. The molecule has 7 heteroatoms. The molecule has 0 aliphatic heterocycles. The number of aromatic hydroxyl groups is 2. The van der Waals surface area contributed by atoms with Crippen LogP contribution in [0.25, 0.3) is 0 Å². The molecule has 1 rings (SSSR count). The van der Waals surface area contributed by atoms with Crippen LogP contribution in [-0.2, 0) is 14.3 Å². The first-order chi connectivity index (χ1) is 13.6. The summed E-state index contributed by atoms with van der Waals surface area (Å²) in [6.07, 6.45) is 1.75. The van der Waals surface area contributed by atoms with E-state index in [-0.39, 0.29) is 36.4 Å². The van der Waals surface area contributed by atoms with Gasteiger partial charge >= 0.3 is 5.97 Å². The van der Waals surface area contributed by atoms with E-state index in [9.17, 15) is 24.9 Å². The number of ether oxygens (including phenoxy) is 1. The predicted molar refractivity (Wildman–Crippen MR) is 111 cm³/mol. The molecule has 1 amide bonds. The van der Waals surface area contributed by atoms with E-state index in [0.717, 1.165) is 12.8 Å². The van der Waals surface area contributed by atoms with Crippen LogP contribution in [0, 0.1) is 5.41 Å². The summed E-state index contributed by atoms with van der Waals surface area (Å²) in [6, 6.07) is 4.41. The highest BCUT2D eigenvalue weighted by Gasteiger charge is 2.32. The molecule has 0 saturated carbocycles. The monoisotopic (exact) mass is 409 g/mol. The zero-order chi connectivity index (χ0) is 22.0. The first-order valence-corrected chi connectivity index (χ1v) is 10.2. The lowest BCUT2D eigenvalue weighted by molar-refractivity contribution is -0.143. The van der Waals surface area contributed by atoms with Gasteiger partial charge in [0.15, 0.2) is 0 Å². The van der Waals surface area contributed by atoms with E-state index in [2.05, 4.69) is 5.32 Å². The Kier molecular flexibility index (Phi) is 9.95. The van der Waals surface area contributed by atoms with E-state index >= 15 is 0 Å². The third-order valence-electron chi connectivity index (χ3n) is 5.09. The number of hydrogen-bond acceptors (Lipinski definition) is 6. The van der Waals surface area contributed by atoms with Crippen LogP contribution in [0.2, 0.25) is 0 Å². The van der Waals surface area contributed by atoms with Crippen molar-refractivity contribution in [1.82, 2.24) is 5.32 Å². The van der Waals surface area contributed by atoms with Crippen LogP contribution >= 0.6 is 0 Å². The van der Waals surface area contributed by atoms with Crippen molar-refractivity contribution in [2.24, 2.45) is 5.41 Å². The number of rotatable bonds is 12. The van der Waals surface area contributed by atoms with Gasteiger partial charge < -0.3 is 25.4 Å². The molecule has 1 aromatic carbocycles. The average Bonchev–Trinajstić information content (AvgIpc) is 2.64. The Hall–Kier alpha value is -2.28. The van der Waals surface area contributed by atoms with Crippen molar-refractivity contribution in [1.29, 1.82) is 0 Å². The smallest absolute Gasteiger partial charge is 0.305 e. The second kappa shape index (κ2) is 11.7. The Labute approximate surface area is 173 Å².